The Labute approximate surface area is 194 Å². The molecule has 1 unspecified atom stereocenters. The number of carbonyl (C=O) groups excluding carboxylic acids is 2. The Morgan fingerprint density at radius 1 is 1.00 bits per heavy atom. The van der Waals surface area contributed by atoms with E-state index in [4.69, 9.17) is 14.2 Å². The number of hydrogen-bond donors (Lipinski definition) is 0. The topological polar surface area (TPSA) is 74.2 Å². The van der Waals surface area contributed by atoms with E-state index in [1.54, 1.807) is 14.0 Å². The quantitative estimate of drug-likeness (QED) is 0.587. The van der Waals surface area contributed by atoms with Crippen molar-refractivity contribution in [2.24, 2.45) is 10.9 Å². The number of ether oxygens (including phenoxy) is 3. The summed E-state index contributed by atoms with van der Waals surface area (Å²) in [5.74, 6) is -0.121. The van der Waals surface area contributed by atoms with E-state index in [2.05, 4.69) is 4.99 Å². The van der Waals surface area contributed by atoms with E-state index in [9.17, 15) is 9.59 Å². The molecule has 4 rings (SSSR count). The number of benzene rings is 2. The third-order valence-electron chi connectivity index (χ3n) is 6.37. The second-order valence-electron chi connectivity index (χ2n) is 8.55. The minimum Gasteiger partial charge on any atom is -0.493 e. The molecule has 0 bridgehead atoms. The van der Waals surface area contributed by atoms with Crippen molar-refractivity contribution in [1.29, 1.82) is 0 Å². The first kappa shape index (κ1) is 22.8. The maximum Gasteiger partial charge on any atom is 0.336 e. The van der Waals surface area contributed by atoms with Crippen LogP contribution in [-0.2, 0) is 20.9 Å². The maximum atomic E-state index is 13.0. The van der Waals surface area contributed by atoms with Crippen LogP contribution in [0.1, 0.15) is 48.8 Å². The molecule has 0 aromatic heterocycles. The molecule has 2 aromatic rings. The highest BCUT2D eigenvalue weighted by molar-refractivity contribution is 6.11. The summed E-state index contributed by atoms with van der Waals surface area (Å²) in [6.45, 7) is 4.26. The molecule has 172 valence electrons. The van der Waals surface area contributed by atoms with E-state index in [0.717, 1.165) is 29.7 Å². The van der Waals surface area contributed by atoms with Crippen molar-refractivity contribution in [3.8, 4) is 11.5 Å². The summed E-state index contributed by atoms with van der Waals surface area (Å²) in [4.78, 5) is 30.3. The summed E-state index contributed by atoms with van der Waals surface area (Å²) in [5.41, 5.74) is 4.93. The number of Topliss-reactive ketones (excluding diaryl/α,β-unsaturated/α-hetero) is 1. The third-order valence-corrected chi connectivity index (χ3v) is 6.37. The van der Waals surface area contributed by atoms with Crippen LogP contribution >= 0.6 is 0 Å². The molecule has 0 N–H and O–H groups in total. The molecular weight excluding hydrogens is 418 g/mol. The Morgan fingerprint density at radius 2 is 1.76 bits per heavy atom. The lowest BCUT2D eigenvalue weighted by molar-refractivity contribution is -0.136. The second kappa shape index (κ2) is 9.61. The van der Waals surface area contributed by atoms with E-state index < -0.39 is 17.8 Å². The molecule has 1 saturated carbocycles. The first-order chi connectivity index (χ1) is 15.9. The lowest BCUT2D eigenvalue weighted by Gasteiger charge is -2.35. The number of rotatable bonds is 6. The van der Waals surface area contributed by atoms with Gasteiger partial charge < -0.3 is 14.2 Å². The molecule has 1 aliphatic heterocycles. The standard InChI is InChI=1S/C27H29NO5/c1-16-8-10-18(11-9-16)15-33-22-13-12-19(14-23(22)31-3)25-24(27(30)32-4)17(2)28-20-6-5-7-21(29)26(20)25/h8-14,25-26H,5-7,15H2,1-4H3/t25-,26?/m0/s1. The highest BCUT2D eigenvalue weighted by atomic mass is 16.5. The largest absolute Gasteiger partial charge is 0.493 e. The molecule has 6 nitrogen and oxygen atoms in total. The average molecular weight is 448 g/mol. The van der Waals surface area contributed by atoms with Crippen molar-refractivity contribution in [2.45, 2.75) is 45.6 Å². The molecule has 0 spiro atoms. The summed E-state index contributed by atoms with van der Waals surface area (Å²) in [6, 6.07) is 13.8. The average Bonchev–Trinajstić information content (AvgIpc) is 2.82. The minimum absolute atomic E-state index is 0.109. The fourth-order valence-corrected chi connectivity index (χ4v) is 4.70. The molecule has 0 saturated heterocycles. The Balaban J connectivity index is 1.69. The van der Waals surface area contributed by atoms with E-state index in [1.807, 2.05) is 49.4 Å². The van der Waals surface area contributed by atoms with Crippen molar-refractivity contribution in [2.75, 3.05) is 14.2 Å². The van der Waals surface area contributed by atoms with Gasteiger partial charge in [0.25, 0.3) is 0 Å². The molecule has 2 atom stereocenters. The van der Waals surface area contributed by atoms with Gasteiger partial charge in [-0.25, -0.2) is 4.79 Å². The van der Waals surface area contributed by atoms with E-state index in [0.29, 0.717) is 35.8 Å². The highest BCUT2D eigenvalue weighted by Gasteiger charge is 2.43. The van der Waals surface area contributed by atoms with Crippen LogP contribution < -0.4 is 9.47 Å². The number of nitrogens with zero attached hydrogens (tertiary/aromatic N) is 1. The zero-order chi connectivity index (χ0) is 23.5. The number of ketones is 1. The number of hydrogen-bond acceptors (Lipinski definition) is 6. The van der Waals surface area contributed by atoms with Crippen molar-refractivity contribution < 1.29 is 23.8 Å². The van der Waals surface area contributed by atoms with Crippen LogP contribution in [0.25, 0.3) is 0 Å². The van der Waals surface area contributed by atoms with Gasteiger partial charge in [0.05, 0.1) is 25.7 Å². The van der Waals surface area contributed by atoms with Crippen LogP contribution in [0.2, 0.25) is 0 Å². The number of methoxy groups -OCH3 is 2. The SMILES string of the molecule is COC(=O)C1=C(C)N=C2CCCC(=O)C2[C@H]1c1ccc(OCc2ccc(C)cc2)c(OC)c1. The van der Waals surface area contributed by atoms with Gasteiger partial charge in [-0.3, -0.25) is 9.79 Å². The van der Waals surface area contributed by atoms with Crippen LogP contribution in [-0.4, -0.2) is 31.7 Å². The van der Waals surface area contributed by atoms with Gasteiger partial charge in [0, 0.05) is 23.7 Å². The van der Waals surface area contributed by atoms with Crippen molar-refractivity contribution in [3.63, 3.8) is 0 Å². The molecule has 2 aromatic carbocycles. The van der Waals surface area contributed by atoms with E-state index in [1.165, 1.54) is 12.7 Å². The number of aryl methyl sites for hydroxylation is 1. The Bertz CT molecular complexity index is 1130. The van der Waals surface area contributed by atoms with Gasteiger partial charge >= 0.3 is 5.97 Å². The van der Waals surface area contributed by atoms with Crippen LogP contribution in [0, 0.1) is 12.8 Å². The number of esters is 1. The van der Waals surface area contributed by atoms with Crippen LogP contribution in [0.4, 0.5) is 0 Å². The number of aliphatic imine (C=N–C) groups is 1. The molecular formula is C27H29NO5. The van der Waals surface area contributed by atoms with Gasteiger partial charge in [-0.1, -0.05) is 35.9 Å². The predicted molar refractivity (Wildman–Crippen MR) is 126 cm³/mol. The first-order valence-corrected chi connectivity index (χ1v) is 11.2. The summed E-state index contributed by atoms with van der Waals surface area (Å²) in [6.07, 6.45) is 2.03. The molecule has 33 heavy (non-hydrogen) atoms. The van der Waals surface area contributed by atoms with Crippen molar-refractivity contribution in [3.05, 3.63) is 70.4 Å². The molecule has 0 amide bonds. The van der Waals surface area contributed by atoms with Crippen LogP contribution in [0.3, 0.4) is 0 Å². The Kier molecular flexibility index (Phi) is 6.63. The first-order valence-electron chi connectivity index (χ1n) is 11.2. The Morgan fingerprint density at radius 3 is 2.45 bits per heavy atom. The summed E-state index contributed by atoms with van der Waals surface area (Å²) >= 11 is 0. The molecule has 0 radical (unpaired) electrons. The van der Waals surface area contributed by atoms with Gasteiger partial charge in [-0.2, -0.15) is 0 Å². The monoisotopic (exact) mass is 447 g/mol. The van der Waals surface area contributed by atoms with E-state index in [-0.39, 0.29) is 5.78 Å². The molecule has 1 heterocycles. The van der Waals surface area contributed by atoms with Crippen LogP contribution in [0.5, 0.6) is 11.5 Å². The predicted octanol–water partition coefficient (Wildman–Crippen LogP) is 4.94. The number of carbonyl (C=O) groups is 2. The zero-order valence-electron chi connectivity index (χ0n) is 19.5. The third kappa shape index (κ3) is 4.56. The lowest BCUT2D eigenvalue weighted by Crippen LogP contribution is -2.39. The summed E-state index contributed by atoms with van der Waals surface area (Å²) in [5, 5.41) is 0. The second-order valence-corrected chi connectivity index (χ2v) is 8.55. The van der Waals surface area contributed by atoms with Crippen molar-refractivity contribution in [1.82, 2.24) is 0 Å². The van der Waals surface area contributed by atoms with Gasteiger partial charge in [0.1, 0.15) is 12.4 Å². The van der Waals surface area contributed by atoms with Crippen LogP contribution in [0.15, 0.2) is 58.7 Å². The molecule has 1 aliphatic carbocycles. The molecule has 1 fully saturated rings. The number of fused-ring (bicyclic) bond motifs is 1. The van der Waals surface area contributed by atoms with Gasteiger partial charge in [-0.15, -0.1) is 0 Å². The fraction of sp³-hybridized carbons (Fsp3) is 0.370. The molecule has 2 aliphatic rings. The summed E-state index contributed by atoms with van der Waals surface area (Å²) in [7, 11) is 2.93. The fourth-order valence-electron chi connectivity index (χ4n) is 4.70. The minimum atomic E-state index is -0.461. The zero-order valence-corrected chi connectivity index (χ0v) is 19.5. The lowest BCUT2D eigenvalue weighted by atomic mass is 9.69. The Hall–Kier alpha value is -3.41. The molecule has 6 heteroatoms. The van der Waals surface area contributed by atoms with Crippen molar-refractivity contribution >= 4 is 17.5 Å². The van der Waals surface area contributed by atoms with Gasteiger partial charge in [0.2, 0.25) is 0 Å². The number of allylic oxidation sites excluding steroid dienone is 1. The van der Waals surface area contributed by atoms with Gasteiger partial charge in [-0.05, 0) is 49.9 Å². The highest BCUT2D eigenvalue weighted by Crippen LogP contribution is 2.45. The summed E-state index contributed by atoms with van der Waals surface area (Å²) < 4.78 is 16.7. The maximum absolute atomic E-state index is 13.0. The van der Waals surface area contributed by atoms with Gasteiger partial charge in [0.15, 0.2) is 11.5 Å². The van der Waals surface area contributed by atoms with E-state index >= 15 is 0 Å². The normalized spacial score (nSPS) is 20.1. The smallest absolute Gasteiger partial charge is 0.336 e.